The molecule has 0 aliphatic rings. The van der Waals surface area contributed by atoms with Gasteiger partial charge >= 0.3 is 0 Å². The third-order valence-corrected chi connectivity index (χ3v) is 2.19. The Morgan fingerprint density at radius 2 is 2.17 bits per heavy atom. The number of aromatic nitrogens is 3. The Labute approximate surface area is 104 Å². The summed E-state index contributed by atoms with van der Waals surface area (Å²) in [5.41, 5.74) is 0. The molecule has 1 heterocycles. The predicted molar refractivity (Wildman–Crippen MR) is 66.3 cm³/mol. The number of hydrogen-bond donors (Lipinski definition) is 2. The summed E-state index contributed by atoms with van der Waals surface area (Å²) in [4.78, 5) is 15.5. The molecule has 2 aromatic rings. The van der Waals surface area contributed by atoms with E-state index in [9.17, 15) is 4.79 Å². The Morgan fingerprint density at radius 3 is 2.83 bits per heavy atom. The van der Waals surface area contributed by atoms with Crippen LogP contribution in [0.1, 0.15) is 12.2 Å². The minimum Gasteiger partial charge on any atom is -0.493 e. The van der Waals surface area contributed by atoms with Gasteiger partial charge in [-0.25, -0.2) is 0 Å². The topological polar surface area (TPSA) is 79.9 Å². The molecule has 0 saturated heterocycles. The van der Waals surface area contributed by atoms with Crippen LogP contribution >= 0.6 is 0 Å². The van der Waals surface area contributed by atoms with Crippen molar-refractivity contribution in [2.24, 2.45) is 0 Å². The Kier molecular flexibility index (Phi) is 3.90. The van der Waals surface area contributed by atoms with Gasteiger partial charge in [-0.2, -0.15) is 4.98 Å². The minimum absolute atomic E-state index is 0.176. The molecule has 6 heteroatoms. The Hall–Kier alpha value is -2.37. The Bertz CT molecular complexity index is 510. The van der Waals surface area contributed by atoms with Crippen molar-refractivity contribution < 1.29 is 9.53 Å². The number of H-pyrrole nitrogens is 1. The lowest BCUT2D eigenvalue weighted by molar-refractivity contribution is -0.116. The molecule has 0 aliphatic carbocycles. The van der Waals surface area contributed by atoms with Crippen molar-refractivity contribution in [2.75, 3.05) is 11.9 Å². The van der Waals surface area contributed by atoms with Crippen molar-refractivity contribution in [3.05, 3.63) is 36.2 Å². The van der Waals surface area contributed by atoms with E-state index in [0.717, 1.165) is 5.75 Å². The molecule has 0 fully saturated rings. The summed E-state index contributed by atoms with van der Waals surface area (Å²) in [6.45, 7) is 2.08. The summed E-state index contributed by atoms with van der Waals surface area (Å²) in [6, 6.07) is 9.36. The molecule has 0 atom stereocenters. The summed E-state index contributed by atoms with van der Waals surface area (Å²) in [5.74, 6) is 1.52. The Balaban J connectivity index is 1.72. The van der Waals surface area contributed by atoms with Gasteiger partial charge in [0.05, 0.1) is 13.0 Å². The number of nitrogens with one attached hydrogen (secondary N) is 2. The van der Waals surface area contributed by atoms with Crippen LogP contribution in [0.15, 0.2) is 30.3 Å². The van der Waals surface area contributed by atoms with Gasteiger partial charge in [-0.1, -0.05) is 18.2 Å². The average Bonchev–Trinajstić information content (AvgIpc) is 2.76. The van der Waals surface area contributed by atoms with Crippen LogP contribution < -0.4 is 10.1 Å². The SMILES string of the molecule is Cc1nc(NC(=O)CCOc2ccccc2)n[nH]1. The van der Waals surface area contributed by atoms with Crippen LogP contribution in [0.25, 0.3) is 0 Å². The second kappa shape index (κ2) is 5.81. The van der Waals surface area contributed by atoms with Crippen LogP contribution in [0.3, 0.4) is 0 Å². The van der Waals surface area contributed by atoms with Crippen molar-refractivity contribution in [1.82, 2.24) is 15.2 Å². The fourth-order valence-corrected chi connectivity index (χ4v) is 1.36. The zero-order chi connectivity index (χ0) is 12.8. The maximum Gasteiger partial charge on any atom is 0.248 e. The number of ether oxygens (including phenoxy) is 1. The third kappa shape index (κ3) is 3.58. The monoisotopic (exact) mass is 246 g/mol. The third-order valence-electron chi connectivity index (χ3n) is 2.19. The highest BCUT2D eigenvalue weighted by Gasteiger charge is 2.06. The maximum atomic E-state index is 11.5. The molecule has 1 aromatic heterocycles. The number of aromatic amines is 1. The number of carbonyl (C=O) groups is 1. The molecule has 1 amide bonds. The highest BCUT2D eigenvalue weighted by molar-refractivity contribution is 5.88. The van der Waals surface area contributed by atoms with Gasteiger partial charge in [-0.3, -0.25) is 15.2 Å². The molecule has 6 nitrogen and oxygen atoms in total. The van der Waals surface area contributed by atoms with Crippen molar-refractivity contribution in [1.29, 1.82) is 0 Å². The zero-order valence-electron chi connectivity index (χ0n) is 10.0. The van der Waals surface area contributed by atoms with E-state index in [1.807, 2.05) is 30.3 Å². The molecule has 2 N–H and O–H groups in total. The van der Waals surface area contributed by atoms with Crippen LogP contribution in [-0.2, 0) is 4.79 Å². The first-order chi connectivity index (χ1) is 8.74. The molecule has 0 bridgehead atoms. The van der Waals surface area contributed by atoms with Gasteiger partial charge in [0.1, 0.15) is 11.6 Å². The van der Waals surface area contributed by atoms with Crippen molar-refractivity contribution in [2.45, 2.75) is 13.3 Å². The first-order valence-corrected chi connectivity index (χ1v) is 5.61. The number of rotatable bonds is 5. The minimum atomic E-state index is -0.176. The maximum absolute atomic E-state index is 11.5. The fraction of sp³-hybridized carbons (Fsp3) is 0.250. The second-order valence-electron chi connectivity index (χ2n) is 3.70. The van der Waals surface area contributed by atoms with Crippen LogP contribution in [0.5, 0.6) is 5.75 Å². The van der Waals surface area contributed by atoms with Crippen molar-refractivity contribution in [3.8, 4) is 5.75 Å². The Morgan fingerprint density at radius 1 is 1.39 bits per heavy atom. The fourth-order valence-electron chi connectivity index (χ4n) is 1.36. The first kappa shape index (κ1) is 12.1. The molecular weight excluding hydrogens is 232 g/mol. The molecule has 0 radical (unpaired) electrons. The number of para-hydroxylation sites is 1. The smallest absolute Gasteiger partial charge is 0.248 e. The van der Waals surface area contributed by atoms with Gasteiger partial charge < -0.3 is 4.74 Å². The molecule has 18 heavy (non-hydrogen) atoms. The quantitative estimate of drug-likeness (QED) is 0.838. The molecule has 0 aliphatic heterocycles. The van der Waals surface area contributed by atoms with E-state index in [2.05, 4.69) is 20.5 Å². The van der Waals surface area contributed by atoms with Crippen LogP contribution in [0.2, 0.25) is 0 Å². The van der Waals surface area contributed by atoms with Gasteiger partial charge in [-0.05, 0) is 19.1 Å². The van der Waals surface area contributed by atoms with E-state index in [1.54, 1.807) is 6.92 Å². The second-order valence-corrected chi connectivity index (χ2v) is 3.70. The van der Waals surface area contributed by atoms with E-state index in [4.69, 9.17) is 4.74 Å². The first-order valence-electron chi connectivity index (χ1n) is 5.61. The molecule has 2 rings (SSSR count). The lowest BCUT2D eigenvalue weighted by Crippen LogP contribution is -2.16. The van der Waals surface area contributed by atoms with Gasteiger partial charge in [0, 0.05) is 0 Å². The van der Waals surface area contributed by atoms with Gasteiger partial charge in [0.15, 0.2) is 0 Å². The van der Waals surface area contributed by atoms with Crippen LogP contribution in [-0.4, -0.2) is 27.7 Å². The summed E-state index contributed by atoms with van der Waals surface area (Å²) in [6.07, 6.45) is 0.252. The van der Waals surface area contributed by atoms with Gasteiger partial charge in [-0.15, -0.1) is 5.10 Å². The van der Waals surface area contributed by atoms with Crippen LogP contribution in [0, 0.1) is 6.92 Å². The van der Waals surface area contributed by atoms with E-state index < -0.39 is 0 Å². The standard InChI is InChI=1S/C12H14N4O2/c1-9-13-12(16-15-9)14-11(17)7-8-18-10-5-3-2-4-6-10/h2-6H,7-8H2,1H3,(H2,13,14,15,16,17). The lowest BCUT2D eigenvalue weighted by atomic mass is 10.3. The number of benzene rings is 1. The predicted octanol–water partition coefficient (Wildman–Crippen LogP) is 1.52. The molecule has 0 saturated carbocycles. The van der Waals surface area contributed by atoms with Crippen molar-refractivity contribution >= 4 is 11.9 Å². The lowest BCUT2D eigenvalue weighted by Gasteiger charge is -2.05. The van der Waals surface area contributed by atoms with Crippen molar-refractivity contribution in [3.63, 3.8) is 0 Å². The zero-order valence-corrected chi connectivity index (χ0v) is 10.0. The van der Waals surface area contributed by atoms with E-state index in [-0.39, 0.29) is 18.3 Å². The van der Waals surface area contributed by atoms with E-state index in [1.165, 1.54) is 0 Å². The van der Waals surface area contributed by atoms with E-state index >= 15 is 0 Å². The number of hydrogen-bond acceptors (Lipinski definition) is 4. The molecule has 0 spiro atoms. The molecule has 1 aromatic carbocycles. The summed E-state index contributed by atoms with van der Waals surface area (Å²) in [5, 5.41) is 9.04. The summed E-state index contributed by atoms with van der Waals surface area (Å²) >= 11 is 0. The highest BCUT2D eigenvalue weighted by Crippen LogP contribution is 2.08. The largest absolute Gasteiger partial charge is 0.493 e. The summed E-state index contributed by atoms with van der Waals surface area (Å²) < 4.78 is 5.41. The number of aryl methyl sites for hydroxylation is 1. The van der Waals surface area contributed by atoms with E-state index in [0.29, 0.717) is 12.4 Å². The van der Waals surface area contributed by atoms with Gasteiger partial charge in [0.2, 0.25) is 11.9 Å². The number of carbonyl (C=O) groups excluding carboxylic acids is 1. The highest BCUT2D eigenvalue weighted by atomic mass is 16.5. The average molecular weight is 246 g/mol. The molecule has 0 unspecified atom stereocenters. The normalized spacial score (nSPS) is 10.1. The number of nitrogens with zero attached hydrogens (tertiary/aromatic N) is 2. The summed E-state index contributed by atoms with van der Waals surface area (Å²) in [7, 11) is 0. The number of amides is 1. The van der Waals surface area contributed by atoms with Crippen LogP contribution in [0.4, 0.5) is 5.95 Å². The van der Waals surface area contributed by atoms with Gasteiger partial charge in [0.25, 0.3) is 0 Å². The molecule has 94 valence electrons. The molecular formula is C12H14N4O2. The number of anilines is 1.